The molecule has 0 N–H and O–H groups in total. The van der Waals surface area contributed by atoms with Gasteiger partial charge in [0.25, 0.3) is 0 Å². The monoisotopic (exact) mass is 357 g/mol. The quantitative estimate of drug-likeness (QED) is 0.609. The Labute approximate surface area is 142 Å². The first-order valence-corrected chi connectivity index (χ1v) is 9.15. The van der Waals surface area contributed by atoms with E-state index in [1.807, 2.05) is 13.2 Å². The zero-order chi connectivity index (χ0) is 16.3. The predicted octanol–water partition coefficient (Wildman–Crippen LogP) is 3.06. The standard InChI is InChI=1S/C14H16ClN3O2S2/c1-9(8-21-3)13(19)17(2)14-11(15)16-12(22-14)10-5-4-6-18(20)7-10/h4-7,9H,8H2,1-3H3. The fourth-order valence-corrected chi connectivity index (χ4v) is 3.89. The van der Waals surface area contributed by atoms with Crippen molar-refractivity contribution in [2.24, 2.45) is 5.92 Å². The van der Waals surface area contributed by atoms with Crippen LogP contribution in [0.25, 0.3) is 10.6 Å². The Hall–Kier alpha value is -1.31. The van der Waals surface area contributed by atoms with Crippen LogP contribution in [0.5, 0.6) is 0 Å². The molecule has 1 atom stereocenters. The Morgan fingerprint density at radius 3 is 3.00 bits per heavy atom. The number of thioether (sulfide) groups is 1. The molecule has 0 bridgehead atoms. The van der Waals surface area contributed by atoms with Crippen LogP contribution in [0.2, 0.25) is 5.15 Å². The number of rotatable bonds is 5. The Morgan fingerprint density at radius 2 is 2.36 bits per heavy atom. The Kier molecular flexibility index (Phi) is 5.66. The van der Waals surface area contributed by atoms with Gasteiger partial charge >= 0.3 is 0 Å². The van der Waals surface area contributed by atoms with Crippen molar-refractivity contribution in [3.05, 3.63) is 34.9 Å². The number of carbonyl (C=O) groups is 1. The van der Waals surface area contributed by atoms with Crippen LogP contribution in [0.1, 0.15) is 6.92 Å². The molecule has 0 aromatic carbocycles. The lowest BCUT2D eigenvalue weighted by Gasteiger charge is -2.19. The maximum Gasteiger partial charge on any atom is 0.231 e. The predicted molar refractivity (Wildman–Crippen MR) is 92.5 cm³/mol. The third kappa shape index (κ3) is 3.71. The van der Waals surface area contributed by atoms with Gasteiger partial charge in [-0.2, -0.15) is 16.5 Å². The zero-order valence-corrected chi connectivity index (χ0v) is 14.8. The van der Waals surface area contributed by atoms with Crippen LogP contribution in [0, 0.1) is 11.1 Å². The second-order valence-electron chi connectivity index (χ2n) is 4.82. The molecule has 0 saturated carbocycles. The minimum Gasteiger partial charge on any atom is -0.619 e. The lowest BCUT2D eigenvalue weighted by atomic mass is 10.2. The summed E-state index contributed by atoms with van der Waals surface area (Å²) in [5, 5.41) is 12.8. The zero-order valence-electron chi connectivity index (χ0n) is 12.4. The average Bonchev–Trinajstić information content (AvgIpc) is 2.88. The molecule has 118 valence electrons. The number of hydrogen-bond donors (Lipinski definition) is 0. The number of anilines is 1. The van der Waals surface area contributed by atoms with Gasteiger partial charge in [-0.3, -0.25) is 4.79 Å². The lowest BCUT2D eigenvalue weighted by molar-refractivity contribution is -0.604. The summed E-state index contributed by atoms with van der Waals surface area (Å²) in [5.41, 5.74) is 0.675. The molecule has 2 aromatic rings. The normalized spacial score (nSPS) is 12.2. The summed E-state index contributed by atoms with van der Waals surface area (Å²) in [7, 11) is 1.70. The molecule has 0 radical (unpaired) electrons. The molecule has 1 unspecified atom stereocenters. The second-order valence-corrected chi connectivity index (χ2v) is 7.07. The largest absolute Gasteiger partial charge is 0.619 e. The highest BCUT2D eigenvalue weighted by molar-refractivity contribution is 7.98. The second kappa shape index (κ2) is 7.30. The minimum atomic E-state index is -0.0952. The number of aromatic nitrogens is 2. The van der Waals surface area contributed by atoms with Crippen molar-refractivity contribution in [3.8, 4) is 10.6 Å². The van der Waals surface area contributed by atoms with E-state index in [1.165, 1.54) is 23.7 Å². The smallest absolute Gasteiger partial charge is 0.231 e. The van der Waals surface area contributed by atoms with Gasteiger partial charge in [-0.25, -0.2) is 4.98 Å². The van der Waals surface area contributed by atoms with Crippen LogP contribution >= 0.6 is 34.7 Å². The van der Waals surface area contributed by atoms with Gasteiger partial charge in [-0.05, 0) is 12.3 Å². The molecule has 2 heterocycles. The summed E-state index contributed by atoms with van der Waals surface area (Å²) in [6.45, 7) is 1.89. The SMILES string of the molecule is CSCC(C)C(=O)N(C)c1sc(-c2ccc[n+]([O-])c2)nc1Cl. The number of amides is 1. The first-order chi connectivity index (χ1) is 10.4. The molecule has 1 amide bonds. The van der Waals surface area contributed by atoms with E-state index in [0.717, 1.165) is 5.75 Å². The molecular formula is C14H16ClN3O2S2. The van der Waals surface area contributed by atoms with Crippen LogP contribution in [0.4, 0.5) is 5.00 Å². The van der Waals surface area contributed by atoms with Crippen LogP contribution < -0.4 is 9.63 Å². The van der Waals surface area contributed by atoms with Crippen LogP contribution in [-0.4, -0.2) is 29.9 Å². The van der Waals surface area contributed by atoms with E-state index >= 15 is 0 Å². The summed E-state index contributed by atoms with van der Waals surface area (Å²) in [5.74, 6) is 0.655. The van der Waals surface area contributed by atoms with Gasteiger partial charge in [0.15, 0.2) is 17.5 Å². The molecule has 22 heavy (non-hydrogen) atoms. The third-order valence-corrected chi connectivity index (χ3v) is 5.45. The van der Waals surface area contributed by atoms with Crippen LogP contribution in [0.3, 0.4) is 0 Å². The van der Waals surface area contributed by atoms with Gasteiger partial charge in [0, 0.05) is 24.8 Å². The van der Waals surface area contributed by atoms with E-state index < -0.39 is 0 Å². The molecule has 2 aromatic heterocycles. The van der Waals surface area contributed by atoms with Crippen molar-refractivity contribution in [2.75, 3.05) is 24.0 Å². The van der Waals surface area contributed by atoms with Gasteiger partial charge < -0.3 is 10.1 Å². The number of halogens is 1. The van der Waals surface area contributed by atoms with Gasteiger partial charge in [0.2, 0.25) is 5.91 Å². The summed E-state index contributed by atoms with van der Waals surface area (Å²) in [6.07, 6.45) is 4.80. The van der Waals surface area contributed by atoms with Crippen molar-refractivity contribution in [1.29, 1.82) is 0 Å². The number of carbonyl (C=O) groups excluding carboxylic acids is 1. The van der Waals surface area contributed by atoms with Crippen LogP contribution in [0.15, 0.2) is 24.5 Å². The van der Waals surface area contributed by atoms with E-state index in [2.05, 4.69) is 4.98 Å². The van der Waals surface area contributed by atoms with E-state index in [1.54, 1.807) is 35.8 Å². The molecule has 0 saturated heterocycles. The van der Waals surface area contributed by atoms with Crippen LogP contribution in [-0.2, 0) is 4.79 Å². The highest BCUT2D eigenvalue weighted by Gasteiger charge is 2.23. The fraction of sp³-hybridized carbons (Fsp3) is 0.357. The summed E-state index contributed by atoms with van der Waals surface area (Å²) < 4.78 is 0.708. The third-order valence-electron chi connectivity index (χ3n) is 3.07. The summed E-state index contributed by atoms with van der Waals surface area (Å²) >= 11 is 9.10. The highest BCUT2D eigenvalue weighted by atomic mass is 35.5. The molecular weight excluding hydrogens is 342 g/mol. The van der Waals surface area contributed by atoms with Gasteiger partial charge in [-0.15, -0.1) is 0 Å². The van der Waals surface area contributed by atoms with Gasteiger partial charge in [0.05, 0.1) is 5.56 Å². The Balaban J connectivity index is 2.28. The van der Waals surface area contributed by atoms with Crippen molar-refractivity contribution >= 4 is 45.6 Å². The van der Waals surface area contributed by atoms with Crippen molar-refractivity contribution in [3.63, 3.8) is 0 Å². The Morgan fingerprint density at radius 1 is 1.64 bits per heavy atom. The molecule has 0 aliphatic heterocycles. The van der Waals surface area contributed by atoms with Crippen molar-refractivity contribution in [2.45, 2.75) is 6.92 Å². The van der Waals surface area contributed by atoms with E-state index in [-0.39, 0.29) is 17.0 Å². The minimum absolute atomic E-state index is 0.00148. The van der Waals surface area contributed by atoms with Crippen molar-refractivity contribution in [1.82, 2.24) is 4.98 Å². The molecule has 8 heteroatoms. The maximum atomic E-state index is 12.4. The van der Waals surface area contributed by atoms with Gasteiger partial charge in [0.1, 0.15) is 10.0 Å². The highest BCUT2D eigenvalue weighted by Crippen LogP contribution is 2.37. The van der Waals surface area contributed by atoms with Gasteiger partial charge in [-0.1, -0.05) is 29.9 Å². The van der Waals surface area contributed by atoms with E-state index in [0.29, 0.717) is 20.3 Å². The lowest BCUT2D eigenvalue weighted by Crippen LogP contribution is -2.32. The molecule has 0 spiro atoms. The summed E-state index contributed by atoms with van der Waals surface area (Å²) in [6, 6.07) is 3.43. The molecule has 0 fully saturated rings. The molecule has 0 aliphatic carbocycles. The first kappa shape index (κ1) is 17.1. The number of thiazole rings is 1. The fourth-order valence-electron chi connectivity index (χ4n) is 1.96. The molecule has 0 aliphatic rings. The number of hydrogen-bond acceptors (Lipinski definition) is 5. The Bertz CT molecular complexity index is 678. The van der Waals surface area contributed by atoms with E-state index in [4.69, 9.17) is 11.6 Å². The average molecular weight is 358 g/mol. The number of nitrogens with zero attached hydrogens (tertiary/aromatic N) is 3. The topological polar surface area (TPSA) is 60.1 Å². The maximum absolute atomic E-state index is 12.4. The molecule has 2 rings (SSSR count). The van der Waals surface area contributed by atoms with E-state index in [9.17, 15) is 10.0 Å². The summed E-state index contributed by atoms with van der Waals surface area (Å²) in [4.78, 5) is 18.2. The first-order valence-electron chi connectivity index (χ1n) is 6.56. The van der Waals surface area contributed by atoms with Crippen molar-refractivity contribution < 1.29 is 9.52 Å². The number of pyridine rings is 1. The molecule has 5 nitrogen and oxygen atoms in total.